The molecule has 0 aromatic heterocycles. The minimum Gasteiger partial charge on any atom is -0.490 e. The van der Waals surface area contributed by atoms with Gasteiger partial charge < -0.3 is 9.47 Å². The van der Waals surface area contributed by atoms with Gasteiger partial charge in [-0.15, -0.1) is 0 Å². The first-order valence-electron chi connectivity index (χ1n) is 10.2. The Bertz CT molecular complexity index is 1270. The Morgan fingerprint density at radius 1 is 1.00 bits per heavy atom. The fourth-order valence-electron chi connectivity index (χ4n) is 3.18. The molecule has 0 atom stereocenters. The van der Waals surface area contributed by atoms with E-state index < -0.39 is 5.91 Å². The third kappa shape index (κ3) is 5.81. The Hall–Kier alpha value is -2.81. The zero-order valence-electron chi connectivity index (χ0n) is 17.7. The molecular weight excluding hydrogens is 545 g/mol. The molecule has 1 fully saturated rings. The van der Waals surface area contributed by atoms with E-state index in [1.54, 1.807) is 66.7 Å². The minimum absolute atomic E-state index is 0.0238. The fourth-order valence-corrected chi connectivity index (χ4v) is 4.60. The van der Waals surface area contributed by atoms with Gasteiger partial charge in [0, 0.05) is 15.6 Å². The smallest absolute Gasteiger partial charge is 0.293 e. The van der Waals surface area contributed by atoms with Crippen LogP contribution >= 0.6 is 39.3 Å². The molecule has 0 radical (unpaired) electrons. The van der Waals surface area contributed by atoms with Crippen molar-refractivity contribution in [3.8, 4) is 11.5 Å². The van der Waals surface area contributed by atoms with Crippen LogP contribution in [0, 0.1) is 5.82 Å². The molecule has 0 spiro atoms. The summed E-state index contributed by atoms with van der Waals surface area (Å²) in [6.07, 6.45) is 1.60. The van der Waals surface area contributed by atoms with Crippen molar-refractivity contribution in [1.82, 2.24) is 4.90 Å². The van der Waals surface area contributed by atoms with Crippen molar-refractivity contribution < 1.29 is 23.5 Å². The van der Waals surface area contributed by atoms with Crippen molar-refractivity contribution in [3.63, 3.8) is 0 Å². The van der Waals surface area contributed by atoms with Gasteiger partial charge >= 0.3 is 0 Å². The highest BCUT2D eigenvalue weighted by molar-refractivity contribution is 9.10. The molecule has 1 aliphatic heterocycles. The number of thioether (sulfide) groups is 1. The van der Waals surface area contributed by atoms with Crippen LogP contribution in [0.25, 0.3) is 6.08 Å². The van der Waals surface area contributed by atoms with Gasteiger partial charge in [-0.2, -0.15) is 0 Å². The maximum absolute atomic E-state index is 13.9. The maximum Gasteiger partial charge on any atom is 0.293 e. The number of carbonyl (C=O) groups excluding carboxylic acids is 2. The molecule has 4 rings (SSSR count). The number of hydrogen-bond donors (Lipinski definition) is 0. The van der Waals surface area contributed by atoms with Gasteiger partial charge in [-0.25, -0.2) is 4.39 Å². The monoisotopic (exact) mass is 561 g/mol. The molecule has 1 heterocycles. The van der Waals surface area contributed by atoms with Gasteiger partial charge in [0.2, 0.25) is 0 Å². The van der Waals surface area contributed by atoms with E-state index in [4.69, 9.17) is 21.1 Å². The summed E-state index contributed by atoms with van der Waals surface area (Å²) in [6.45, 7) is 0.224. The molecule has 174 valence electrons. The van der Waals surface area contributed by atoms with E-state index in [1.165, 1.54) is 6.07 Å². The number of benzene rings is 3. The number of hydrogen-bond acceptors (Lipinski definition) is 5. The van der Waals surface area contributed by atoms with Crippen LogP contribution < -0.4 is 9.47 Å². The first-order chi connectivity index (χ1) is 16.4. The van der Waals surface area contributed by atoms with Crippen LogP contribution in [0.1, 0.15) is 11.1 Å². The summed E-state index contributed by atoms with van der Waals surface area (Å²) in [7, 11) is 0. The summed E-state index contributed by atoms with van der Waals surface area (Å²) in [4.78, 5) is 26.7. The van der Waals surface area contributed by atoms with Crippen molar-refractivity contribution in [3.05, 3.63) is 98.1 Å². The second-order valence-corrected chi connectivity index (χ2v) is 9.49. The Morgan fingerprint density at radius 2 is 1.76 bits per heavy atom. The van der Waals surface area contributed by atoms with Gasteiger partial charge in [0.05, 0.1) is 16.5 Å². The standard InChI is InChI=1S/C25H18BrClFNO4S/c26-18-9-10-21(33-15-16-5-1-3-7-20(16)28)17(13-18)14-23-24(30)29(25(31)34-23)11-12-32-22-8-4-2-6-19(22)27/h1-10,13-14H,11-12,15H2/b23-14-. The number of imide groups is 1. The number of carbonyl (C=O) groups is 2. The first kappa shape index (κ1) is 24.3. The van der Waals surface area contributed by atoms with Gasteiger partial charge in [0.15, 0.2) is 0 Å². The molecule has 34 heavy (non-hydrogen) atoms. The Labute approximate surface area is 213 Å². The molecule has 0 bridgehead atoms. The molecular formula is C25H18BrClFNO4S. The Kier molecular flexibility index (Phi) is 7.92. The van der Waals surface area contributed by atoms with Crippen molar-refractivity contribution in [2.45, 2.75) is 6.61 Å². The third-order valence-electron chi connectivity index (χ3n) is 4.88. The quantitative estimate of drug-likeness (QED) is 0.279. The van der Waals surface area contributed by atoms with E-state index in [-0.39, 0.29) is 35.7 Å². The molecule has 9 heteroatoms. The lowest BCUT2D eigenvalue weighted by Gasteiger charge is -2.14. The summed E-state index contributed by atoms with van der Waals surface area (Å²) in [6, 6.07) is 18.6. The van der Waals surface area contributed by atoms with Crippen molar-refractivity contribution in [2.75, 3.05) is 13.2 Å². The normalized spacial score (nSPS) is 14.7. The van der Waals surface area contributed by atoms with Crippen LogP contribution in [0.15, 0.2) is 76.1 Å². The fraction of sp³-hybridized carbons (Fsp3) is 0.120. The van der Waals surface area contributed by atoms with Gasteiger partial charge in [-0.05, 0) is 54.2 Å². The van der Waals surface area contributed by atoms with Gasteiger partial charge in [-0.3, -0.25) is 14.5 Å². The van der Waals surface area contributed by atoms with Crippen molar-refractivity contribution >= 4 is 56.5 Å². The van der Waals surface area contributed by atoms with Crippen LogP contribution in [0.5, 0.6) is 11.5 Å². The number of amides is 2. The second-order valence-electron chi connectivity index (χ2n) is 7.17. The van der Waals surface area contributed by atoms with Crippen LogP contribution in [-0.4, -0.2) is 29.2 Å². The molecule has 1 aliphatic rings. The lowest BCUT2D eigenvalue weighted by Crippen LogP contribution is -2.32. The van der Waals surface area contributed by atoms with Gasteiger partial charge in [0.25, 0.3) is 11.1 Å². The highest BCUT2D eigenvalue weighted by Crippen LogP contribution is 2.35. The van der Waals surface area contributed by atoms with Gasteiger partial charge in [-0.1, -0.05) is 57.9 Å². The van der Waals surface area contributed by atoms with Crippen LogP contribution in [-0.2, 0) is 11.4 Å². The first-order valence-corrected chi connectivity index (χ1v) is 12.2. The molecule has 3 aromatic rings. The summed E-state index contributed by atoms with van der Waals surface area (Å²) in [5.41, 5.74) is 0.999. The molecule has 2 amide bonds. The maximum atomic E-state index is 13.9. The van der Waals surface area contributed by atoms with Crippen LogP contribution in [0.3, 0.4) is 0 Å². The van der Waals surface area contributed by atoms with E-state index >= 15 is 0 Å². The third-order valence-corrected chi connectivity index (χ3v) is 6.60. The SMILES string of the molecule is O=C1S/C(=C\c2cc(Br)ccc2OCc2ccccc2F)C(=O)N1CCOc1ccccc1Cl. The predicted molar refractivity (Wildman–Crippen MR) is 134 cm³/mol. The second kappa shape index (κ2) is 11.1. The largest absolute Gasteiger partial charge is 0.490 e. The minimum atomic E-state index is -0.419. The van der Waals surface area contributed by atoms with Crippen molar-refractivity contribution in [1.29, 1.82) is 0 Å². The van der Waals surface area contributed by atoms with E-state index in [9.17, 15) is 14.0 Å². The average Bonchev–Trinajstić information content (AvgIpc) is 3.08. The topological polar surface area (TPSA) is 55.8 Å². The molecule has 3 aromatic carbocycles. The number of halogens is 3. The van der Waals surface area contributed by atoms with E-state index in [0.29, 0.717) is 27.6 Å². The lowest BCUT2D eigenvalue weighted by atomic mass is 10.1. The summed E-state index contributed by atoms with van der Waals surface area (Å²) >= 11 is 10.3. The molecule has 0 unspecified atom stereocenters. The highest BCUT2D eigenvalue weighted by Gasteiger charge is 2.35. The Morgan fingerprint density at radius 3 is 2.56 bits per heavy atom. The van der Waals surface area contributed by atoms with E-state index in [0.717, 1.165) is 21.1 Å². The number of ether oxygens (including phenoxy) is 2. The molecule has 0 N–H and O–H groups in total. The number of nitrogens with zero attached hydrogens (tertiary/aromatic N) is 1. The molecule has 5 nitrogen and oxygen atoms in total. The summed E-state index contributed by atoms with van der Waals surface area (Å²) < 4.78 is 26.1. The summed E-state index contributed by atoms with van der Waals surface area (Å²) in [5, 5.41) is 0.0666. The Balaban J connectivity index is 1.46. The zero-order chi connectivity index (χ0) is 24.1. The molecule has 0 aliphatic carbocycles. The number of para-hydroxylation sites is 1. The zero-order valence-corrected chi connectivity index (χ0v) is 20.8. The van der Waals surface area contributed by atoms with Crippen LogP contribution in [0.2, 0.25) is 5.02 Å². The lowest BCUT2D eigenvalue weighted by molar-refractivity contribution is -0.123. The summed E-state index contributed by atoms with van der Waals surface area (Å²) in [5.74, 6) is 0.164. The van der Waals surface area contributed by atoms with E-state index in [2.05, 4.69) is 15.9 Å². The molecule has 1 saturated heterocycles. The predicted octanol–water partition coefficient (Wildman–Crippen LogP) is 6.94. The van der Waals surface area contributed by atoms with Gasteiger partial charge in [0.1, 0.15) is 30.5 Å². The van der Waals surface area contributed by atoms with Crippen molar-refractivity contribution in [2.24, 2.45) is 0 Å². The highest BCUT2D eigenvalue weighted by atomic mass is 79.9. The van der Waals surface area contributed by atoms with Crippen LogP contribution in [0.4, 0.5) is 9.18 Å². The average molecular weight is 563 g/mol. The number of rotatable bonds is 8. The molecule has 0 saturated carbocycles. The van der Waals surface area contributed by atoms with E-state index in [1.807, 2.05) is 0 Å².